The van der Waals surface area contributed by atoms with Crippen molar-refractivity contribution in [3.05, 3.63) is 158 Å². The highest BCUT2D eigenvalue weighted by Crippen LogP contribution is 2.39. The van der Waals surface area contributed by atoms with Gasteiger partial charge in [-0.1, -0.05) is 127 Å². The number of benzene rings is 7. The van der Waals surface area contributed by atoms with E-state index in [-0.39, 0.29) is 0 Å². The van der Waals surface area contributed by atoms with Crippen LogP contribution in [0.4, 0.5) is 0 Å². The van der Waals surface area contributed by atoms with Crippen LogP contribution in [0, 0.1) is 0 Å². The molecule has 214 valence electrons. The van der Waals surface area contributed by atoms with Gasteiger partial charge in [-0.2, -0.15) is 0 Å². The first-order valence-corrected chi connectivity index (χ1v) is 15.4. The average Bonchev–Trinajstić information content (AvgIpc) is 3.14. The molecule has 0 saturated heterocycles. The van der Waals surface area contributed by atoms with E-state index in [1.54, 1.807) is 0 Å². The Kier molecular flexibility index (Phi) is 6.10. The zero-order chi connectivity index (χ0) is 30.5. The first kappa shape index (κ1) is 26.2. The Hall–Kier alpha value is -6.26. The number of hydrogen-bond donors (Lipinski definition) is 0. The minimum Gasteiger partial charge on any atom is -0.265 e. The zero-order valence-electron chi connectivity index (χ0n) is 24.8. The van der Waals surface area contributed by atoms with Gasteiger partial charge in [0, 0.05) is 29.1 Å². The molecule has 4 heteroatoms. The standard InChI is InChI=1S/C42H26N4/c1-2-5-27(6-3-1)28-9-15-34(16-10-28)40-44-41(35-17-11-29(12-18-35)30-23-25-43-26-24-30)46-42(45-40)37-22-20-33-14-13-31-7-4-8-32-19-21-36(37)39(33)38(31)32/h1-26H. The summed E-state index contributed by atoms with van der Waals surface area (Å²) >= 11 is 0. The van der Waals surface area contributed by atoms with Crippen molar-refractivity contribution in [2.75, 3.05) is 0 Å². The smallest absolute Gasteiger partial charge is 0.164 e. The van der Waals surface area contributed by atoms with Gasteiger partial charge in [-0.15, -0.1) is 0 Å². The summed E-state index contributed by atoms with van der Waals surface area (Å²) < 4.78 is 0. The van der Waals surface area contributed by atoms with Crippen LogP contribution in [0.5, 0.6) is 0 Å². The second-order valence-corrected chi connectivity index (χ2v) is 11.5. The van der Waals surface area contributed by atoms with Gasteiger partial charge in [-0.05, 0) is 72.8 Å². The van der Waals surface area contributed by atoms with E-state index in [1.807, 2.05) is 30.6 Å². The van der Waals surface area contributed by atoms with Gasteiger partial charge in [-0.3, -0.25) is 4.98 Å². The molecule has 0 atom stereocenters. The van der Waals surface area contributed by atoms with E-state index < -0.39 is 0 Å². The number of aromatic nitrogens is 4. The molecule has 0 saturated carbocycles. The Morgan fingerprint density at radius 1 is 0.304 bits per heavy atom. The second kappa shape index (κ2) is 10.7. The predicted molar refractivity (Wildman–Crippen MR) is 189 cm³/mol. The monoisotopic (exact) mass is 586 g/mol. The minimum absolute atomic E-state index is 0.638. The molecule has 0 N–H and O–H groups in total. The van der Waals surface area contributed by atoms with Crippen molar-refractivity contribution in [1.29, 1.82) is 0 Å². The van der Waals surface area contributed by atoms with Crippen molar-refractivity contribution in [3.8, 4) is 56.4 Å². The van der Waals surface area contributed by atoms with Crippen molar-refractivity contribution in [1.82, 2.24) is 19.9 Å². The Balaban J connectivity index is 1.22. The predicted octanol–water partition coefficient (Wildman–Crippen LogP) is 10.5. The van der Waals surface area contributed by atoms with Crippen molar-refractivity contribution in [3.63, 3.8) is 0 Å². The molecular weight excluding hydrogens is 560 g/mol. The molecule has 0 radical (unpaired) electrons. The van der Waals surface area contributed by atoms with Gasteiger partial charge in [0.05, 0.1) is 0 Å². The lowest BCUT2D eigenvalue weighted by molar-refractivity contribution is 1.08. The summed E-state index contributed by atoms with van der Waals surface area (Å²) in [5.74, 6) is 1.94. The fraction of sp³-hybridized carbons (Fsp3) is 0. The molecule has 9 aromatic rings. The summed E-state index contributed by atoms with van der Waals surface area (Å²) in [6, 6.07) is 50.9. The molecule has 0 aliphatic carbocycles. The Morgan fingerprint density at radius 3 is 1.41 bits per heavy atom. The number of hydrogen-bond acceptors (Lipinski definition) is 4. The van der Waals surface area contributed by atoms with Crippen LogP contribution in [0.3, 0.4) is 0 Å². The van der Waals surface area contributed by atoms with Crippen LogP contribution in [0.1, 0.15) is 0 Å². The molecule has 2 heterocycles. The van der Waals surface area contributed by atoms with E-state index in [1.165, 1.54) is 32.5 Å². The minimum atomic E-state index is 0.638. The van der Waals surface area contributed by atoms with E-state index in [0.29, 0.717) is 17.5 Å². The van der Waals surface area contributed by atoms with Crippen LogP contribution in [-0.4, -0.2) is 19.9 Å². The first-order valence-electron chi connectivity index (χ1n) is 15.4. The van der Waals surface area contributed by atoms with Crippen LogP contribution >= 0.6 is 0 Å². The number of nitrogens with zero attached hydrogens (tertiary/aromatic N) is 4. The van der Waals surface area contributed by atoms with Crippen LogP contribution < -0.4 is 0 Å². The third-order valence-electron chi connectivity index (χ3n) is 8.81. The van der Waals surface area contributed by atoms with Crippen LogP contribution in [0.15, 0.2) is 158 Å². The van der Waals surface area contributed by atoms with Crippen molar-refractivity contribution < 1.29 is 0 Å². The molecule has 0 unspecified atom stereocenters. The third-order valence-corrected chi connectivity index (χ3v) is 8.81. The summed E-state index contributed by atoms with van der Waals surface area (Å²) in [5.41, 5.74) is 7.42. The molecule has 0 aliphatic rings. The molecule has 0 spiro atoms. The summed E-state index contributed by atoms with van der Waals surface area (Å²) in [5, 5.41) is 7.33. The number of rotatable bonds is 5. The maximum absolute atomic E-state index is 5.12. The fourth-order valence-electron chi connectivity index (χ4n) is 6.48. The van der Waals surface area contributed by atoms with Crippen LogP contribution in [-0.2, 0) is 0 Å². The summed E-state index contributed by atoms with van der Waals surface area (Å²) in [6.07, 6.45) is 3.63. The van der Waals surface area contributed by atoms with Crippen LogP contribution in [0.2, 0.25) is 0 Å². The molecule has 9 rings (SSSR count). The zero-order valence-corrected chi connectivity index (χ0v) is 24.8. The summed E-state index contributed by atoms with van der Waals surface area (Å²) in [4.78, 5) is 19.4. The average molecular weight is 587 g/mol. The van der Waals surface area contributed by atoms with Crippen molar-refractivity contribution >= 4 is 32.3 Å². The molecule has 0 fully saturated rings. The van der Waals surface area contributed by atoms with E-state index in [0.717, 1.165) is 38.8 Å². The third kappa shape index (κ3) is 4.47. The maximum atomic E-state index is 5.12. The lowest BCUT2D eigenvalue weighted by Gasteiger charge is -2.14. The van der Waals surface area contributed by atoms with Gasteiger partial charge >= 0.3 is 0 Å². The van der Waals surface area contributed by atoms with Gasteiger partial charge in [-0.25, -0.2) is 15.0 Å². The number of pyridine rings is 1. The highest BCUT2D eigenvalue weighted by Gasteiger charge is 2.17. The molecule has 4 nitrogen and oxygen atoms in total. The highest BCUT2D eigenvalue weighted by molar-refractivity contribution is 6.25. The maximum Gasteiger partial charge on any atom is 0.164 e. The van der Waals surface area contributed by atoms with Crippen molar-refractivity contribution in [2.24, 2.45) is 0 Å². The van der Waals surface area contributed by atoms with Crippen LogP contribution in [0.25, 0.3) is 88.7 Å². The quantitative estimate of drug-likeness (QED) is 0.188. The molecule has 0 aliphatic heterocycles. The summed E-state index contributed by atoms with van der Waals surface area (Å²) in [6.45, 7) is 0. The molecule has 2 aromatic heterocycles. The van der Waals surface area contributed by atoms with E-state index >= 15 is 0 Å². The normalized spacial score (nSPS) is 11.5. The molecule has 7 aromatic carbocycles. The lowest BCUT2D eigenvalue weighted by atomic mass is 9.92. The molecule has 0 amide bonds. The Bertz CT molecular complexity index is 2370. The Morgan fingerprint density at radius 2 is 0.783 bits per heavy atom. The van der Waals surface area contributed by atoms with Gasteiger partial charge in [0.2, 0.25) is 0 Å². The molecular formula is C42H26N4. The SMILES string of the molecule is c1ccc(-c2ccc(-c3nc(-c4ccc(-c5ccncc5)cc4)nc(-c4ccc5ccc6cccc7ccc4c5c67)n3)cc2)cc1. The van der Waals surface area contributed by atoms with Gasteiger partial charge in [0.25, 0.3) is 0 Å². The van der Waals surface area contributed by atoms with E-state index in [4.69, 9.17) is 15.0 Å². The largest absolute Gasteiger partial charge is 0.265 e. The van der Waals surface area contributed by atoms with E-state index in [9.17, 15) is 0 Å². The van der Waals surface area contributed by atoms with Gasteiger partial charge in [0.15, 0.2) is 17.5 Å². The molecule has 0 bridgehead atoms. The second-order valence-electron chi connectivity index (χ2n) is 11.5. The topological polar surface area (TPSA) is 51.6 Å². The van der Waals surface area contributed by atoms with E-state index in [2.05, 4.69) is 132 Å². The van der Waals surface area contributed by atoms with Gasteiger partial charge in [0.1, 0.15) is 0 Å². The lowest BCUT2D eigenvalue weighted by Crippen LogP contribution is -2.01. The summed E-state index contributed by atoms with van der Waals surface area (Å²) in [7, 11) is 0. The fourth-order valence-corrected chi connectivity index (χ4v) is 6.48. The first-order chi connectivity index (χ1) is 22.8. The van der Waals surface area contributed by atoms with Crippen molar-refractivity contribution in [2.45, 2.75) is 0 Å². The highest BCUT2D eigenvalue weighted by atomic mass is 15.0. The Labute approximate surface area is 266 Å². The van der Waals surface area contributed by atoms with Gasteiger partial charge < -0.3 is 0 Å². The molecule has 46 heavy (non-hydrogen) atoms.